The van der Waals surface area contributed by atoms with E-state index in [9.17, 15) is 0 Å². The molecule has 2 atom stereocenters. The Balaban J connectivity index is 2.47. The van der Waals surface area contributed by atoms with Crippen molar-refractivity contribution in [3.05, 3.63) is 16.6 Å². The van der Waals surface area contributed by atoms with Gasteiger partial charge in [0.1, 0.15) is 5.01 Å². The lowest BCUT2D eigenvalue weighted by atomic mass is 10.1. The van der Waals surface area contributed by atoms with Crippen molar-refractivity contribution >= 4 is 11.3 Å². The smallest absolute Gasteiger partial charge is 0.109 e. The van der Waals surface area contributed by atoms with Gasteiger partial charge >= 0.3 is 0 Å². The summed E-state index contributed by atoms with van der Waals surface area (Å²) in [4.78, 5) is 4.41. The third-order valence-electron chi connectivity index (χ3n) is 2.99. The molecule has 3 heteroatoms. The molecule has 2 unspecified atom stereocenters. The maximum absolute atomic E-state index is 4.41. The number of aromatic nitrogens is 1. The zero-order valence-corrected chi connectivity index (χ0v) is 11.5. The monoisotopic (exact) mass is 240 g/mol. The first-order valence-corrected chi connectivity index (χ1v) is 7.35. The van der Waals surface area contributed by atoms with E-state index in [2.05, 4.69) is 36.5 Å². The molecule has 0 aliphatic carbocycles. The Bertz CT molecular complexity index is 259. The number of hydrogen-bond acceptors (Lipinski definition) is 3. The largest absolute Gasteiger partial charge is 0.305 e. The number of thiazole rings is 1. The van der Waals surface area contributed by atoms with Crippen molar-refractivity contribution in [1.82, 2.24) is 10.3 Å². The van der Waals surface area contributed by atoms with Crippen LogP contribution in [-0.2, 0) is 0 Å². The number of nitrogens with zero attached hydrogens (tertiary/aromatic N) is 1. The molecule has 0 aliphatic heterocycles. The number of nitrogens with one attached hydrogen (secondary N) is 1. The SMILES string of the molecule is CCCCC(CC)NC(CC)c1nccs1. The minimum Gasteiger partial charge on any atom is -0.305 e. The fraction of sp³-hybridized carbons (Fsp3) is 0.769. The van der Waals surface area contributed by atoms with Crippen molar-refractivity contribution in [2.75, 3.05) is 0 Å². The van der Waals surface area contributed by atoms with Gasteiger partial charge in [-0.1, -0.05) is 33.6 Å². The van der Waals surface area contributed by atoms with E-state index in [1.165, 1.54) is 30.7 Å². The second-order valence-electron chi connectivity index (χ2n) is 4.25. The van der Waals surface area contributed by atoms with E-state index in [4.69, 9.17) is 0 Å². The van der Waals surface area contributed by atoms with Crippen LogP contribution in [0.25, 0.3) is 0 Å². The van der Waals surface area contributed by atoms with Crippen molar-refractivity contribution in [2.24, 2.45) is 0 Å². The summed E-state index contributed by atoms with van der Waals surface area (Å²) in [5.41, 5.74) is 0. The molecular formula is C13H24N2S. The van der Waals surface area contributed by atoms with Crippen LogP contribution in [0.5, 0.6) is 0 Å². The molecule has 0 aliphatic rings. The van der Waals surface area contributed by atoms with Gasteiger partial charge in [-0.3, -0.25) is 0 Å². The molecule has 1 aromatic heterocycles. The van der Waals surface area contributed by atoms with Gasteiger partial charge in [-0.25, -0.2) is 4.98 Å². The van der Waals surface area contributed by atoms with Gasteiger partial charge in [-0.15, -0.1) is 11.3 Å². The van der Waals surface area contributed by atoms with Crippen molar-refractivity contribution in [1.29, 1.82) is 0 Å². The Hall–Kier alpha value is -0.410. The average molecular weight is 240 g/mol. The first-order valence-electron chi connectivity index (χ1n) is 6.47. The molecule has 0 spiro atoms. The number of rotatable bonds is 8. The molecule has 0 aromatic carbocycles. The van der Waals surface area contributed by atoms with Gasteiger partial charge in [0.2, 0.25) is 0 Å². The van der Waals surface area contributed by atoms with Crippen LogP contribution >= 0.6 is 11.3 Å². The molecule has 1 N–H and O–H groups in total. The van der Waals surface area contributed by atoms with Crippen LogP contribution in [0.3, 0.4) is 0 Å². The van der Waals surface area contributed by atoms with Crippen LogP contribution in [0.2, 0.25) is 0 Å². The van der Waals surface area contributed by atoms with Gasteiger partial charge in [-0.05, 0) is 19.3 Å². The third kappa shape index (κ3) is 4.22. The standard InChI is InChI=1S/C13H24N2S/c1-4-7-8-11(5-2)15-12(6-3)13-14-9-10-16-13/h9-12,15H,4-8H2,1-3H3. The second kappa shape index (κ2) is 7.80. The minimum atomic E-state index is 0.446. The van der Waals surface area contributed by atoms with E-state index >= 15 is 0 Å². The summed E-state index contributed by atoms with van der Waals surface area (Å²) in [5.74, 6) is 0. The van der Waals surface area contributed by atoms with E-state index in [1.807, 2.05) is 6.20 Å². The van der Waals surface area contributed by atoms with Crippen molar-refractivity contribution in [3.8, 4) is 0 Å². The summed E-state index contributed by atoms with van der Waals surface area (Å²) >= 11 is 1.76. The summed E-state index contributed by atoms with van der Waals surface area (Å²) < 4.78 is 0. The first kappa shape index (κ1) is 13.7. The van der Waals surface area contributed by atoms with E-state index in [1.54, 1.807) is 11.3 Å². The highest BCUT2D eigenvalue weighted by molar-refractivity contribution is 7.09. The fourth-order valence-corrected chi connectivity index (χ4v) is 2.69. The summed E-state index contributed by atoms with van der Waals surface area (Å²) in [7, 11) is 0. The molecule has 0 bridgehead atoms. The van der Waals surface area contributed by atoms with E-state index in [0.29, 0.717) is 12.1 Å². The predicted octanol–water partition coefficient (Wildman–Crippen LogP) is 4.15. The summed E-state index contributed by atoms with van der Waals surface area (Å²) in [6.45, 7) is 6.75. The predicted molar refractivity (Wildman–Crippen MR) is 71.9 cm³/mol. The number of unbranched alkanes of at least 4 members (excludes halogenated alkanes) is 1. The van der Waals surface area contributed by atoms with Crippen LogP contribution in [-0.4, -0.2) is 11.0 Å². The van der Waals surface area contributed by atoms with Gasteiger partial charge in [0.05, 0.1) is 6.04 Å². The average Bonchev–Trinajstić information content (AvgIpc) is 2.83. The van der Waals surface area contributed by atoms with Crippen molar-refractivity contribution in [3.63, 3.8) is 0 Å². The molecule has 1 aromatic rings. The van der Waals surface area contributed by atoms with Gasteiger partial charge in [-0.2, -0.15) is 0 Å². The molecule has 92 valence electrons. The summed E-state index contributed by atoms with van der Waals surface area (Å²) in [6, 6.07) is 1.09. The number of hydrogen-bond donors (Lipinski definition) is 1. The Morgan fingerprint density at radius 1 is 1.31 bits per heavy atom. The molecule has 0 saturated carbocycles. The Morgan fingerprint density at radius 2 is 2.12 bits per heavy atom. The van der Waals surface area contributed by atoms with E-state index < -0.39 is 0 Å². The Morgan fingerprint density at radius 3 is 2.62 bits per heavy atom. The Kier molecular flexibility index (Phi) is 6.65. The van der Waals surface area contributed by atoms with Gasteiger partial charge in [0, 0.05) is 17.6 Å². The van der Waals surface area contributed by atoms with E-state index in [-0.39, 0.29) is 0 Å². The zero-order valence-electron chi connectivity index (χ0n) is 10.7. The van der Waals surface area contributed by atoms with E-state index in [0.717, 1.165) is 6.42 Å². The molecular weight excluding hydrogens is 216 g/mol. The lowest BCUT2D eigenvalue weighted by Gasteiger charge is -2.22. The summed E-state index contributed by atoms with van der Waals surface area (Å²) in [5, 5.41) is 7.03. The van der Waals surface area contributed by atoms with Crippen LogP contribution in [0.15, 0.2) is 11.6 Å². The first-order chi connectivity index (χ1) is 7.81. The van der Waals surface area contributed by atoms with Gasteiger partial charge < -0.3 is 5.32 Å². The van der Waals surface area contributed by atoms with Crippen molar-refractivity contribution in [2.45, 2.75) is 65.0 Å². The Labute approximate surface area is 103 Å². The maximum Gasteiger partial charge on any atom is 0.109 e. The molecule has 0 amide bonds. The maximum atomic E-state index is 4.41. The molecule has 2 nitrogen and oxygen atoms in total. The topological polar surface area (TPSA) is 24.9 Å². The molecule has 0 saturated heterocycles. The molecule has 1 heterocycles. The van der Waals surface area contributed by atoms with Gasteiger partial charge in [0.25, 0.3) is 0 Å². The van der Waals surface area contributed by atoms with Crippen LogP contribution in [0.1, 0.15) is 63.9 Å². The minimum absolute atomic E-state index is 0.446. The van der Waals surface area contributed by atoms with Crippen LogP contribution in [0, 0.1) is 0 Å². The fourth-order valence-electron chi connectivity index (χ4n) is 1.91. The third-order valence-corrected chi connectivity index (χ3v) is 3.88. The lowest BCUT2D eigenvalue weighted by molar-refractivity contribution is 0.388. The highest BCUT2D eigenvalue weighted by Gasteiger charge is 2.15. The molecule has 16 heavy (non-hydrogen) atoms. The normalized spacial score (nSPS) is 14.9. The highest BCUT2D eigenvalue weighted by atomic mass is 32.1. The molecule has 0 radical (unpaired) electrons. The lowest BCUT2D eigenvalue weighted by Crippen LogP contribution is -2.32. The van der Waals surface area contributed by atoms with Gasteiger partial charge in [0.15, 0.2) is 0 Å². The van der Waals surface area contributed by atoms with Crippen LogP contribution < -0.4 is 5.32 Å². The second-order valence-corrected chi connectivity index (χ2v) is 5.17. The summed E-state index contributed by atoms with van der Waals surface area (Å²) in [6.07, 6.45) is 8.12. The van der Waals surface area contributed by atoms with Crippen molar-refractivity contribution < 1.29 is 0 Å². The quantitative estimate of drug-likeness (QED) is 0.738. The molecule has 0 fully saturated rings. The zero-order chi connectivity index (χ0) is 11.8. The van der Waals surface area contributed by atoms with Crippen LogP contribution in [0.4, 0.5) is 0 Å². The highest BCUT2D eigenvalue weighted by Crippen LogP contribution is 2.20. The molecule has 1 rings (SSSR count).